The third kappa shape index (κ3) is 2.95. The summed E-state index contributed by atoms with van der Waals surface area (Å²) in [6, 6.07) is 15.0. The van der Waals surface area contributed by atoms with Crippen molar-refractivity contribution in [2.24, 2.45) is 0 Å². The SMILES string of the molecule is O=C1CCCN1c1cc(SCc2ccccc2)cc2c1NCC2. The van der Waals surface area contributed by atoms with Crippen molar-refractivity contribution in [1.82, 2.24) is 0 Å². The maximum absolute atomic E-state index is 12.2. The number of nitrogens with one attached hydrogen (secondary N) is 1. The molecule has 118 valence electrons. The van der Waals surface area contributed by atoms with Crippen molar-refractivity contribution in [2.75, 3.05) is 23.3 Å². The topological polar surface area (TPSA) is 32.3 Å². The summed E-state index contributed by atoms with van der Waals surface area (Å²) in [5.74, 6) is 1.21. The molecule has 2 aromatic rings. The lowest BCUT2D eigenvalue weighted by atomic mass is 10.1. The Balaban J connectivity index is 1.62. The average Bonchev–Trinajstić information content (AvgIpc) is 3.22. The smallest absolute Gasteiger partial charge is 0.227 e. The summed E-state index contributed by atoms with van der Waals surface area (Å²) in [6.45, 7) is 1.82. The minimum atomic E-state index is 0.256. The molecule has 1 fully saturated rings. The highest BCUT2D eigenvalue weighted by atomic mass is 32.2. The number of hydrogen-bond donors (Lipinski definition) is 1. The molecule has 4 rings (SSSR count). The summed E-state index contributed by atoms with van der Waals surface area (Å²) >= 11 is 1.85. The van der Waals surface area contributed by atoms with E-state index in [9.17, 15) is 4.79 Å². The van der Waals surface area contributed by atoms with Crippen molar-refractivity contribution < 1.29 is 4.79 Å². The Morgan fingerprint density at radius 2 is 2.00 bits per heavy atom. The molecule has 23 heavy (non-hydrogen) atoms. The van der Waals surface area contributed by atoms with Crippen LogP contribution in [-0.2, 0) is 17.0 Å². The Hall–Kier alpha value is -1.94. The summed E-state index contributed by atoms with van der Waals surface area (Å²) in [5.41, 5.74) is 4.93. The lowest BCUT2D eigenvalue weighted by Gasteiger charge is -2.20. The predicted molar refractivity (Wildman–Crippen MR) is 96.2 cm³/mol. The van der Waals surface area contributed by atoms with E-state index in [1.54, 1.807) is 0 Å². The molecule has 1 saturated heterocycles. The molecule has 0 bridgehead atoms. The van der Waals surface area contributed by atoms with Gasteiger partial charge in [0.05, 0.1) is 11.4 Å². The molecule has 0 atom stereocenters. The summed E-state index contributed by atoms with van der Waals surface area (Å²) < 4.78 is 0. The lowest BCUT2D eigenvalue weighted by molar-refractivity contribution is -0.117. The summed E-state index contributed by atoms with van der Waals surface area (Å²) in [4.78, 5) is 15.4. The van der Waals surface area contributed by atoms with Gasteiger partial charge in [0.15, 0.2) is 0 Å². The van der Waals surface area contributed by atoms with E-state index in [2.05, 4.69) is 41.7 Å². The third-order valence-corrected chi connectivity index (χ3v) is 5.53. The Labute approximate surface area is 141 Å². The van der Waals surface area contributed by atoms with Crippen molar-refractivity contribution in [3.05, 3.63) is 53.6 Å². The molecule has 1 N–H and O–H groups in total. The highest BCUT2D eigenvalue weighted by Crippen LogP contribution is 2.40. The van der Waals surface area contributed by atoms with Gasteiger partial charge >= 0.3 is 0 Å². The molecule has 0 aromatic heterocycles. The molecule has 1 amide bonds. The third-order valence-electron chi connectivity index (χ3n) is 4.48. The molecule has 2 heterocycles. The first-order valence-electron chi connectivity index (χ1n) is 8.19. The monoisotopic (exact) mass is 324 g/mol. The number of rotatable bonds is 4. The van der Waals surface area contributed by atoms with E-state index in [0.29, 0.717) is 6.42 Å². The van der Waals surface area contributed by atoms with Crippen LogP contribution >= 0.6 is 11.8 Å². The van der Waals surface area contributed by atoms with Gasteiger partial charge in [0, 0.05) is 30.2 Å². The zero-order chi connectivity index (χ0) is 15.6. The number of hydrogen-bond acceptors (Lipinski definition) is 3. The maximum atomic E-state index is 12.2. The van der Waals surface area contributed by atoms with Crippen LogP contribution in [0.3, 0.4) is 0 Å². The van der Waals surface area contributed by atoms with Crippen LogP contribution in [0.25, 0.3) is 0 Å². The average molecular weight is 324 g/mol. The van der Waals surface area contributed by atoms with Gasteiger partial charge in [-0.15, -0.1) is 11.8 Å². The molecular weight excluding hydrogens is 304 g/mol. The number of amides is 1. The van der Waals surface area contributed by atoms with Crippen LogP contribution in [-0.4, -0.2) is 19.0 Å². The first kappa shape index (κ1) is 14.6. The number of benzene rings is 2. The minimum absolute atomic E-state index is 0.256. The molecular formula is C19H20N2OS. The number of nitrogens with zero attached hydrogens (tertiary/aromatic N) is 1. The number of fused-ring (bicyclic) bond motifs is 1. The second-order valence-electron chi connectivity index (χ2n) is 6.08. The summed E-state index contributed by atoms with van der Waals surface area (Å²) in [6.07, 6.45) is 2.69. The van der Waals surface area contributed by atoms with E-state index in [-0.39, 0.29) is 5.91 Å². The fraction of sp³-hybridized carbons (Fsp3) is 0.316. The molecule has 2 aromatic carbocycles. The van der Waals surface area contributed by atoms with Gasteiger partial charge in [-0.2, -0.15) is 0 Å². The van der Waals surface area contributed by atoms with Crippen LogP contribution in [0.5, 0.6) is 0 Å². The minimum Gasteiger partial charge on any atom is -0.383 e. The van der Waals surface area contributed by atoms with Crippen LogP contribution in [0.2, 0.25) is 0 Å². The van der Waals surface area contributed by atoms with E-state index < -0.39 is 0 Å². The van der Waals surface area contributed by atoms with Gasteiger partial charge in [0.1, 0.15) is 0 Å². The van der Waals surface area contributed by atoms with E-state index in [4.69, 9.17) is 0 Å². The van der Waals surface area contributed by atoms with E-state index >= 15 is 0 Å². The van der Waals surface area contributed by atoms with Crippen molar-refractivity contribution in [1.29, 1.82) is 0 Å². The Morgan fingerprint density at radius 1 is 1.13 bits per heavy atom. The van der Waals surface area contributed by atoms with Gasteiger partial charge < -0.3 is 10.2 Å². The number of carbonyl (C=O) groups excluding carboxylic acids is 1. The zero-order valence-electron chi connectivity index (χ0n) is 13.0. The number of thioether (sulfide) groups is 1. The Morgan fingerprint density at radius 3 is 2.78 bits per heavy atom. The van der Waals surface area contributed by atoms with Gasteiger partial charge in [0.25, 0.3) is 0 Å². The first-order valence-corrected chi connectivity index (χ1v) is 9.18. The van der Waals surface area contributed by atoms with Crippen LogP contribution < -0.4 is 10.2 Å². The Kier molecular flexibility index (Phi) is 4.00. The molecule has 0 aliphatic carbocycles. The maximum Gasteiger partial charge on any atom is 0.227 e. The second-order valence-corrected chi connectivity index (χ2v) is 7.13. The van der Waals surface area contributed by atoms with Crippen molar-refractivity contribution in [3.63, 3.8) is 0 Å². The molecule has 2 aliphatic heterocycles. The van der Waals surface area contributed by atoms with E-state index in [0.717, 1.165) is 37.4 Å². The van der Waals surface area contributed by atoms with E-state index in [1.807, 2.05) is 22.7 Å². The van der Waals surface area contributed by atoms with Crippen LogP contribution in [0.4, 0.5) is 11.4 Å². The number of carbonyl (C=O) groups is 1. The van der Waals surface area contributed by atoms with E-state index in [1.165, 1.54) is 21.7 Å². The predicted octanol–water partition coefficient (Wildman–Crippen LogP) is 4.07. The molecule has 0 spiro atoms. The van der Waals surface area contributed by atoms with Crippen molar-refractivity contribution in [3.8, 4) is 0 Å². The van der Waals surface area contributed by atoms with Crippen molar-refractivity contribution in [2.45, 2.75) is 29.9 Å². The fourth-order valence-corrected chi connectivity index (χ4v) is 4.27. The molecule has 0 radical (unpaired) electrons. The molecule has 0 unspecified atom stereocenters. The summed E-state index contributed by atoms with van der Waals surface area (Å²) in [5, 5.41) is 3.46. The molecule has 0 saturated carbocycles. The van der Waals surface area contributed by atoms with Crippen LogP contribution in [0.1, 0.15) is 24.0 Å². The lowest BCUT2D eigenvalue weighted by Crippen LogP contribution is -2.24. The molecule has 3 nitrogen and oxygen atoms in total. The van der Waals surface area contributed by atoms with Gasteiger partial charge in [-0.3, -0.25) is 4.79 Å². The quantitative estimate of drug-likeness (QED) is 0.860. The second kappa shape index (κ2) is 6.28. The van der Waals surface area contributed by atoms with Crippen LogP contribution in [0, 0.1) is 0 Å². The van der Waals surface area contributed by atoms with Gasteiger partial charge in [0.2, 0.25) is 5.91 Å². The molecule has 2 aliphatic rings. The van der Waals surface area contributed by atoms with Crippen LogP contribution in [0.15, 0.2) is 47.4 Å². The molecule has 4 heteroatoms. The normalized spacial score (nSPS) is 16.5. The standard InChI is InChI=1S/C19H20N2OS/c22-18-7-4-10-21(18)17-12-16(11-15-8-9-20-19(15)17)23-13-14-5-2-1-3-6-14/h1-3,5-6,11-12,20H,4,7-10,13H2. The largest absolute Gasteiger partial charge is 0.383 e. The van der Waals surface area contributed by atoms with Gasteiger partial charge in [-0.25, -0.2) is 0 Å². The summed E-state index contributed by atoms with van der Waals surface area (Å²) in [7, 11) is 0. The number of anilines is 2. The Bertz CT molecular complexity index is 730. The van der Waals surface area contributed by atoms with Crippen molar-refractivity contribution >= 4 is 29.0 Å². The highest BCUT2D eigenvalue weighted by molar-refractivity contribution is 7.98. The van der Waals surface area contributed by atoms with Gasteiger partial charge in [-0.1, -0.05) is 30.3 Å². The first-order chi connectivity index (χ1) is 11.3. The van der Waals surface area contributed by atoms with Gasteiger partial charge in [-0.05, 0) is 36.1 Å². The zero-order valence-corrected chi connectivity index (χ0v) is 13.9. The fourth-order valence-electron chi connectivity index (χ4n) is 3.32. The highest BCUT2D eigenvalue weighted by Gasteiger charge is 2.27.